The van der Waals surface area contributed by atoms with Crippen LogP contribution in [0.1, 0.15) is 154 Å². The number of allylic oxidation sites excluding steroid dienone is 3. The molecule has 0 aliphatic heterocycles. The van der Waals surface area contributed by atoms with Crippen LogP contribution >= 0.6 is 0 Å². The van der Waals surface area contributed by atoms with Crippen molar-refractivity contribution < 1.29 is 13.6 Å². The largest absolute Gasteiger partial charge is 0.432 e. The van der Waals surface area contributed by atoms with Gasteiger partial charge in [-0.1, -0.05) is 106 Å². The predicted octanol–water partition coefficient (Wildman–Crippen LogP) is 14.6. The van der Waals surface area contributed by atoms with Crippen LogP contribution in [0.4, 0.5) is 0 Å². The second-order valence-electron chi connectivity index (χ2n) is 21.8. The lowest BCUT2D eigenvalue weighted by Gasteiger charge is -2.46. The smallest absolute Gasteiger partial charge is 0.192 e. The summed E-state index contributed by atoms with van der Waals surface area (Å²) in [5.41, 5.74) is 4.88. The van der Waals surface area contributed by atoms with Crippen molar-refractivity contribution in [1.82, 2.24) is 0 Å². The molecule has 3 aliphatic rings. The van der Waals surface area contributed by atoms with Crippen molar-refractivity contribution in [2.24, 2.45) is 35.0 Å². The molecule has 302 valence electrons. The molecule has 52 heavy (non-hydrogen) atoms. The molecule has 3 rings (SSSR count). The van der Waals surface area contributed by atoms with Crippen molar-refractivity contribution >= 4 is 25.0 Å². The highest BCUT2D eigenvalue weighted by Gasteiger charge is 2.52. The van der Waals surface area contributed by atoms with Gasteiger partial charge in [-0.2, -0.15) is 0 Å². The Morgan fingerprint density at radius 1 is 0.923 bits per heavy atom. The third-order valence-corrected chi connectivity index (χ3v) is 29.1. The Balaban J connectivity index is 1.82. The van der Waals surface area contributed by atoms with Gasteiger partial charge in [-0.05, 0) is 173 Å². The van der Waals surface area contributed by atoms with Gasteiger partial charge in [-0.15, -0.1) is 0 Å². The summed E-state index contributed by atoms with van der Waals surface area (Å²) in [4.78, 5) is 11.3. The zero-order chi connectivity index (χ0) is 39.7. The zero-order valence-electron chi connectivity index (χ0n) is 37.8. The summed E-state index contributed by atoms with van der Waals surface area (Å²) >= 11 is 0. The first-order chi connectivity index (χ1) is 23.7. The lowest BCUT2D eigenvalue weighted by Crippen LogP contribution is -2.46. The van der Waals surface area contributed by atoms with Gasteiger partial charge in [-0.3, -0.25) is 0 Å². The summed E-state index contributed by atoms with van der Waals surface area (Å²) in [6, 6.07) is 3.69. The van der Waals surface area contributed by atoms with Gasteiger partial charge in [0.15, 0.2) is 25.0 Å². The van der Waals surface area contributed by atoms with Crippen LogP contribution in [0.5, 0.6) is 0 Å². The van der Waals surface area contributed by atoms with E-state index in [9.17, 15) is 4.80 Å². The van der Waals surface area contributed by atoms with Crippen molar-refractivity contribution in [2.45, 2.75) is 220 Å². The Kier molecular flexibility index (Phi) is 15.2. The lowest BCUT2D eigenvalue weighted by atomic mass is 9.59. The van der Waals surface area contributed by atoms with Crippen molar-refractivity contribution in [3.8, 4) is 0 Å². The fourth-order valence-corrected chi connectivity index (χ4v) is 15.5. The summed E-state index contributed by atoms with van der Waals surface area (Å²) in [7, 11) is -5.95. The predicted molar refractivity (Wildman–Crippen MR) is 237 cm³/mol. The molecule has 2 unspecified atom stereocenters. The Bertz CT molecular complexity index is 1210. The van der Waals surface area contributed by atoms with Crippen LogP contribution in [-0.4, -0.2) is 41.5 Å². The van der Waals surface area contributed by atoms with Gasteiger partial charge < -0.3 is 13.6 Å². The number of hydrogen-bond acceptors (Lipinski definition) is 3. The minimum atomic E-state index is -2.35. The van der Waals surface area contributed by atoms with E-state index in [4.69, 9.17) is 15.4 Å². The monoisotopic (exact) mass is 773 g/mol. The quantitative estimate of drug-likeness (QED) is 0.125. The molecule has 0 amide bonds. The van der Waals surface area contributed by atoms with E-state index < -0.39 is 25.0 Å². The Morgan fingerprint density at radius 2 is 1.52 bits per heavy atom. The first-order valence-electron chi connectivity index (χ1n) is 21.9. The minimum Gasteiger partial charge on any atom is -0.432 e. The van der Waals surface area contributed by atoms with E-state index in [0.717, 1.165) is 31.1 Å². The fraction of sp³-hybridized carbons (Fsp3) is 0.870. The van der Waals surface area contributed by atoms with Gasteiger partial charge in [0.2, 0.25) is 0 Å². The zero-order valence-corrected chi connectivity index (χ0v) is 40.8. The van der Waals surface area contributed by atoms with Crippen molar-refractivity contribution in [3.05, 3.63) is 35.5 Å². The highest BCUT2D eigenvalue weighted by atomic mass is 28.4. The average molecular weight is 773 g/mol. The molecule has 0 bridgehead atoms. The third kappa shape index (κ3) is 10.6. The van der Waals surface area contributed by atoms with Crippen LogP contribution in [0.3, 0.4) is 0 Å². The molecule has 0 heterocycles. The molecule has 1 N–H and O–H groups in total. The standard InChI is InChI=1S/C46H88O3Si3/c1-19-52(20-2,21-3)49-44(10,11)30-28-34(4)35(5)40-26-27-41-38(23-22-29-46(40,41)14)25-24-37-31-39(33-45(12,13)50(15,16)47)36(6)42(32-37)48-51(17,18)43(7,8)9/h24-25,34-35,39-42,47H,6,19-23,26-33H2,1-5,7-18H3/b37-24+,38-25+/t34-,35-,39-,40?,41?,42+,46+/m0/s1. The second kappa shape index (κ2) is 17.1. The minimum absolute atomic E-state index is 0.0240. The van der Waals surface area contributed by atoms with Crippen LogP contribution < -0.4 is 0 Å². The molecule has 0 aromatic heterocycles. The summed E-state index contributed by atoms with van der Waals surface area (Å²) in [6.07, 6.45) is 17.3. The molecular formula is C46H88O3Si3. The van der Waals surface area contributed by atoms with Gasteiger partial charge in [-0.25, -0.2) is 0 Å². The van der Waals surface area contributed by atoms with E-state index in [1.807, 2.05) is 0 Å². The summed E-state index contributed by atoms with van der Waals surface area (Å²) in [6.45, 7) is 44.9. The molecule has 0 aromatic rings. The molecule has 0 spiro atoms. The second-order valence-corrected chi connectivity index (χ2v) is 35.8. The van der Waals surface area contributed by atoms with Gasteiger partial charge in [0.1, 0.15) is 0 Å². The number of rotatable bonds is 16. The Hall–Kier alpha value is -0.249. The van der Waals surface area contributed by atoms with Gasteiger partial charge >= 0.3 is 0 Å². The summed E-state index contributed by atoms with van der Waals surface area (Å²) < 4.78 is 14.2. The molecule has 3 fully saturated rings. The maximum Gasteiger partial charge on any atom is 0.192 e. The molecule has 6 heteroatoms. The molecule has 3 nitrogen and oxygen atoms in total. The van der Waals surface area contributed by atoms with Crippen LogP contribution in [0.25, 0.3) is 0 Å². The van der Waals surface area contributed by atoms with Crippen LogP contribution in [0.2, 0.25) is 54.4 Å². The first kappa shape index (κ1) is 46.1. The summed E-state index contributed by atoms with van der Waals surface area (Å²) in [5, 5.41) is 0.0681. The van der Waals surface area contributed by atoms with E-state index in [2.05, 4.69) is 128 Å². The van der Waals surface area contributed by atoms with Crippen LogP contribution in [-0.2, 0) is 8.85 Å². The van der Waals surface area contributed by atoms with E-state index in [-0.39, 0.29) is 21.8 Å². The maximum absolute atomic E-state index is 11.3. The van der Waals surface area contributed by atoms with Crippen molar-refractivity contribution in [2.75, 3.05) is 0 Å². The molecule has 0 saturated heterocycles. The van der Waals surface area contributed by atoms with Crippen molar-refractivity contribution in [3.63, 3.8) is 0 Å². The topological polar surface area (TPSA) is 38.7 Å². The highest BCUT2D eigenvalue weighted by Crippen LogP contribution is 2.60. The van der Waals surface area contributed by atoms with E-state index >= 15 is 0 Å². The molecule has 0 aromatic carbocycles. The Morgan fingerprint density at radius 3 is 2.06 bits per heavy atom. The number of fused-ring (bicyclic) bond motifs is 1. The molecule has 3 saturated carbocycles. The maximum atomic E-state index is 11.3. The van der Waals surface area contributed by atoms with E-state index in [1.165, 1.54) is 74.2 Å². The fourth-order valence-electron chi connectivity index (χ4n) is 10.2. The molecule has 3 aliphatic carbocycles. The molecule has 7 atom stereocenters. The van der Waals surface area contributed by atoms with E-state index in [1.54, 1.807) is 5.57 Å². The lowest BCUT2D eigenvalue weighted by molar-refractivity contribution is 0.0524. The normalized spacial score (nSPS) is 29.8. The molecule has 0 radical (unpaired) electrons. The van der Waals surface area contributed by atoms with Gasteiger partial charge in [0, 0.05) is 0 Å². The SMILES string of the molecule is C=C1[C@H](CC(C)(C)[Si](C)(C)O)C/C(=C\C=C2/CCC[C@@]3(C)C2CCC3[C@@H](C)[C@@H](C)CCC(C)(C)O[Si](CC)(CC)CC)C[C@H]1O[Si](C)(C)C(C)(C)C. The average Bonchev–Trinajstić information content (AvgIpc) is 3.39. The molecular weight excluding hydrogens is 685 g/mol. The van der Waals surface area contributed by atoms with Crippen LogP contribution in [0, 0.1) is 35.0 Å². The van der Waals surface area contributed by atoms with E-state index in [0.29, 0.717) is 23.2 Å². The first-order valence-corrected chi connectivity index (χ1v) is 30.2. The van der Waals surface area contributed by atoms with Crippen molar-refractivity contribution in [1.29, 1.82) is 0 Å². The Labute approximate surface area is 328 Å². The van der Waals surface area contributed by atoms with Gasteiger partial charge in [0.05, 0.1) is 11.7 Å². The summed E-state index contributed by atoms with van der Waals surface area (Å²) in [5.74, 6) is 3.28. The van der Waals surface area contributed by atoms with Crippen LogP contribution in [0.15, 0.2) is 35.5 Å². The third-order valence-electron chi connectivity index (χ3n) is 16.3. The highest BCUT2D eigenvalue weighted by molar-refractivity contribution is 6.74. The van der Waals surface area contributed by atoms with Gasteiger partial charge in [0.25, 0.3) is 0 Å². The number of hydrogen-bond donors (Lipinski definition) is 1.